The number of rotatable bonds is 8. The van der Waals surface area contributed by atoms with Gasteiger partial charge in [0.2, 0.25) is 15.9 Å². The fourth-order valence-corrected chi connectivity index (χ4v) is 3.46. The van der Waals surface area contributed by atoms with Gasteiger partial charge in [-0.25, -0.2) is 17.5 Å². The van der Waals surface area contributed by atoms with E-state index in [9.17, 15) is 13.2 Å². The van der Waals surface area contributed by atoms with Gasteiger partial charge in [0.25, 0.3) is 0 Å². The van der Waals surface area contributed by atoms with Crippen LogP contribution in [0, 0.1) is 0 Å². The van der Waals surface area contributed by atoms with Gasteiger partial charge in [0, 0.05) is 39.3 Å². The fourth-order valence-electron chi connectivity index (χ4n) is 2.59. The maximum atomic E-state index is 11.6. The molecule has 1 fully saturated rings. The SMILES string of the molecule is COCCCNC(=O)NCc1nc(C2CCN(S(C)(=O)=O)CC2)no1. The molecule has 1 aliphatic rings. The lowest BCUT2D eigenvalue weighted by Gasteiger charge is -2.28. The van der Waals surface area contributed by atoms with E-state index < -0.39 is 10.0 Å². The zero-order valence-electron chi connectivity index (χ0n) is 14.5. The van der Waals surface area contributed by atoms with Crippen LogP contribution < -0.4 is 10.6 Å². The van der Waals surface area contributed by atoms with Crippen LogP contribution in [0.15, 0.2) is 4.52 Å². The predicted octanol–water partition coefficient (Wildman–Crippen LogP) is 0.0443. The highest BCUT2D eigenvalue weighted by Gasteiger charge is 2.28. The first-order valence-electron chi connectivity index (χ1n) is 8.18. The van der Waals surface area contributed by atoms with Crippen LogP contribution in [-0.4, -0.2) is 68.5 Å². The minimum atomic E-state index is -3.15. The Hall–Kier alpha value is -1.72. The molecule has 0 atom stereocenters. The molecule has 0 radical (unpaired) electrons. The monoisotopic (exact) mass is 375 g/mol. The smallest absolute Gasteiger partial charge is 0.315 e. The zero-order valence-corrected chi connectivity index (χ0v) is 15.3. The normalized spacial score (nSPS) is 16.7. The van der Waals surface area contributed by atoms with Crippen LogP contribution in [0.4, 0.5) is 4.79 Å². The van der Waals surface area contributed by atoms with Crippen LogP contribution in [0.2, 0.25) is 0 Å². The number of sulfonamides is 1. The quantitative estimate of drug-likeness (QED) is 0.614. The number of carbonyl (C=O) groups excluding carboxylic acids is 1. The highest BCUT2D eigenvalue weighted by atomic mass is 32.2. The van der Waals surface area contributed by atoms with E-state index in [1.165, 1.54) is 10.6 Å². The van der Waals surface area contributed by atoms with Crippen LogP contribution in [0.1, 0.15) is 36.9 Å². The van der Waals surface area contributed by atoms with E-state index in [0.29, 0.717) is 50.8 Å². The molecule has 2 heterocycles. The molecule has 0 saturated carbocycles. The summed E-state index contributed by atoms with van der Waals surface area (Å²) in [5, 5.41) is 9.29. The summed E-state index contributed by atoms with van der Waals surface area (Å²) in [6.45, 7) is 2.16. The molecule has 0 aromatic carbocycles. The number of hydrogen-bond donors (Lipinski definition) is 2. The number of piperidine rings is 1. The third-order valence-electron chi connectivity index (χ3n) is 3.98. The van der Waals surface area contributed by atoms with E-state index in [0.717, 1.165) is 6.42 Å². The van der Waals surface area contributed by atoms with Crippen molar-refractivity contribution < 1.29 is 22.5 Å². The molecular formula is C14H25N5O5S. The van der Waals surface area contributed by atoms with Crippen LogP contribution in [0.3, 0.4) is 0 Å². The largest absolute Gasteiger partial charge is 0.385 e. The molecule has 0 aliphatic carbocycles. The Balaban J connectivity index is 1.74. The van der Waals surface area contributed by atoms with Gasteiger partial charge in [0.15, 0.2) is 5.82 Å². The lowest BCUT2D eigenvalue weighted by Crippen LogP contribution is -2.37. The second-order valence-corrected chi connectivity index (χ2v) is 7.92. The standard InChI is InChI=1S/C14H25N5O5S/c1-23-9-3-6-15-14(20)16-10-12-17-13(18-24-12)11-4-7-19(8-5-11)25(2,21)22/h11H,3-10H2,1-2H3,(H2,15,16,20). The molecule has 10 nitrogen and oxygen atoms in total. The van der Waals surface area contributed by atoms with Crippen molar-refractivity contribution in [3.8, 4) is 0 Å². The summed E-state index contributed by atoms with van der Waals surface area (Å²) in [7, 11) is -1.54. The number of nitrogens with one attached hydrogen (secondary N) is 2. The summed E-state index contributed by atoms with van der Waals surface area (Å²) < 4.78 is 34.5. The van der Waals surface area contributed by atoms with E-state index in [-0.39, 0.29) is 18.5 Å². The van der Waals surface area contributed by atoms with E-state index >= 15 is 0 Å². The second kappa shape index (κ2) is 9.11. The second-order valence-electron chi connectivity index (χ2n) is 5.94. The predicted molar refractivity (Wildman–Crippen MR) is 89.4 cm³/mol. The van der Waals surface area contributed by atoms with Gasteiger partial charge < -0.3 is 19.9 Å². The van der Waals surface area contributed by atoms with Crippen LogP contribution >= 0.6 is 0 Å². The summed E-state index contributed by atoms with van der Waals surface area (Å²) in [6.07, 6.45) is 3.26. The van der Waals surface area contributed by atoms with Gasteiger partial charge in [0.1, 0.15) is 0 Å². The maximum absolute atomic E-state index is 11.6. The van der Waals surface area contributed by atoms with Crippen molar-refractivity contribution in [1.29, 1.82) is 0 Å². The summed E-state index contributed by atoms with van der Waals surface area (Å²) >= 11 is 0. The van der Waals surface area contributed by atoms with Gasteiger partial charge in [-0.3, -0.25) is 0 Å². The number of urea groups is 1. The molecule has 0 bridgehead atoms. The topological polar surface area (TPSA) is 127 Å². The average Bonchev–Trinajstić information content (AvgIpc) is 3.05. The minimum Gasteiger partial charge on any atom is -0.385 e. The van der Waals surface area contributed by atoms with Crippen LogP contribution in [0.25, 0.3) is 0 Å². The number of carbonyl (C=O) groups is 1. The lowest BCUT2D eigenvalue weighted by molar-refractivity contribution is 0.193. The number of aromatic nitrogens is 2. The van der Waals surface area contributed by atoms with Crippen molar-refractivity contribution in [1.82, 2.24) is 25.1 Å². The molecule has 142 valence electrons. The third-order valence-corrected chi connectivity index (χ3v) is 5.29. The van der Waals surface area contributed by atoms with Gasteiger partial charge in [-0.05, 0) is 19.3 Å². The molecule has 1 saturated heterocycles. The average molecular weight is 375 g/mol. The molecule has 2 amide bonds. The number of nitrogens with zero attached hydrogens (tertiary/aromatic N) is 3. The van der Waals surface area contributed by atoms with Gasteiger partial charge in [-0.15, -0.1) is 0 Å². The van der Waals surface area contributed by atoms with Crippen LogP contribution in [-0.2, 0) is 21.3 Å². The van der Waals surface area contributed by atoms with Crippen molar-refractivity contribution in [3.05, 3.63) is 11.7 Å². The van der Waals surface area contributed by atoms with Gasteiger partial charge in [0.05, 0.1) is 12.8 Å². The molecule has 1 aromatic rings. The molecule has 1 aromatic heterocycles. The Labute approximate surface area is 147 Å². The number of amides is 2. The Morgan fingerprint density at radius 1 is 1.36 bits per heavy atom. The summed E-state index contributed by atoms with van der Waals surface area (Å²) in [5.74, 6) is 0.955. The molecule has 2 N–H and O–H groups in total. The summed E-state index contributed by atoms with van der Waals surface area (Å²) in [4.78, 5) is 15.9. The Morgan fingerprint density at radius 3 is 2.72 bits per heavy atom. The Bertz CT molecular complexity index is 654. The minimum absolute atomic E-state index is 0.0679. The summed E-state index contributed by atoms with van der Waals surface area (Å²) in [5.41, 5.74) is 0. The Morgan fingerprint density at radius 2 is 2.08 bits per heavy atom. The van der Waals surface area contributed by atoms with Crippen LogP contribution in [0.5, 0.6) is 0 Å². The molecule has 1 aliphatic heterocycles. The zero-order chi connectivity index (χ0) is 18.3. The van der Waals surface area contributed by atoms with Gasteiger partial charge >= 0.3 is 6.03 Å². The molecule has 0 unspecified atom stereocenters. The lowest BCUT2D eigenvalue weighted by atomic mass is 9.98. The van der Waals surface area contributed by atoms with Crippen molar-refractivity contribution in [2.24, 2.45) is 0 Å². The number of methoxy groups -OCH3 is 1. The maximum Gasteiger partial charge on any atom is 0.315 e. The fraction of sp³-hybridized carbons (Fsp3) is 0.786. The van der Waals surface area contributed by atoms with E-state index in [1.54, 1.807) is 7.11 Å². The van der Waals surface area contributed by atoms with E-state index in [2.05, 4.69) is 20.8 Å². The van der Waals surface area contributed by atoms with Crippen molar-refractivity contribution >= 4 is 16.1 Å². The first kappa shape index (κ1) is 19.6. The third kappa shape index (κ3) is 6.25. The molecular weight excluding hydrogens is 350 g/mol. The number of ether oxygens (including phenoxy) is 1. The Kier molecular flexibility index (Phi) is 7.14. The van der Waals surface area contributed by atoms with E-state index in [1.807, 2.05) is 0 Å². The van der Waals surface area contributed by atoms with Crippen molar-refractivity contribution in [2.45, 2.75) is 31.7 Å². The molecule has 25 heavy (non-hydrogen) atoms. The van der Waals surface area contributed by atoms with Crippen molar-refractivity contribution in [3.63, 3.8) is 0 Å². The highest BCUT2D eigenvalue weighted by molar-refractivity contribution is 7.88. The van der Waals surface area contributed by atoms with Gasteiger partial charge in [-0.2, -0.15) is 4.98 Å². The number of hydrogen-bond acceptors (Lipinski definition) is 7. The summed E-state index contributed by atoms with van der Waals surface area (Å²) in [6, 6.07) is -0.308. The highest BCUT2D eigenvalue weighted by Crippen LogP contribution is 2.26. The molecule has 0 spiro atoms. The molecule has 2 rings (SSSR count). The first-order chi connectivity index (χ1) is 11.9. The van der Waals surface area contributed by atoms with Gasteiger partial charge in [-0.1, -0.05) is 5.16 Å². The first-order valence-corrected chi connectivity index (χ1v) is 10.0. The van der Waals surface area contributed by atoms with E-state index in [4.69, 9.17) is 9.26 Å². The molecule has 11 heteroatoms. The van der Waals surface area contributed by atoms with Crippen molar-refractivity contribution in [2.75, 3.05) is 39.6 Å².